The first kappa shape index (κ1) is 14.1. The van der Waals surface area contributed by atoms with Crippen LogP contribution in [0.3, 0.4) is 0 Å². The molecule has 0 saturated carbocycles. The molecular formula is C18H21FN2. The van der Waals surface area contributed by atoms with Crippen LogP contribution < -0.4 is 10.2 Å². The summed E-state index contributed by atoms with van der Waals surface area (Å²) >= 11 is 0. The molecule has 0 saturated heterocycles. The zero-order valence-corrected chi connectivity index (χ0v) is 12.3. The third kappa shape index (κ3) is 2.93. The van der Waals surface area contributed by atoms with E-state index in [4.69, 9.17) is 0 Å². The number of likely N-dealkylation sites (N-methyl/N-ethyl adjacent to an activating group) is 1. The first-order valence-corrected chi connectivity index (χ1v) is 7.60. The van der Waals surface area contributed by atoms with Crippen molar-refractivity contribution < 1.29 is 4.39 Å². The second-order valence-corrected chi connectivity index (χ2v) is 5.45. The van der Waals surface area contributed by atoms with Crippen LogP contribution in [0.25, 0.3) is 0 Å². The summed E-state index contributed by atoms with van der Waals surface area (Å²) in [4.78, 5) is 2.11. The number of rotatable bonds is 4. The fraction of sp³-hybridized carbons (Fsp3) is 0.333. The van der Waals surface area contributed by atoms with Crippen molar-refractivity contribution in [1.82, 2.24) is 5.32 Å². The van der Waals surface area contributed by atoms with Crippen LogP contribution in [0.15, 0.2) is 48.5 Å². The molecule has 0 aromatic heterocycles. The summed E-state index contributed by atoms with van der Waals surface area (Å²) in [7, 11) is 0. The van der Waals surface area contributed by atoms with Crippen LogP contribution in [0.4, 0.5) is 10.1 Å². The van der Waals surface area contributed by atoms with Crippen molar-refractivity contribution in [3.05, 3.63) is 65.5 Å². The fourth-order valence-electron chi connectivity index (χ4n) is 3.08. The molecule has 110 valence electrons. The number of nitrogens with one attached hydrogen (secondary N) is 1. The summed E-state index contributed by atoms with van der Waals surface area (Å²) in [5.74, 6) is -0.150. The molecule has 0 bridgehead atoms. The van der Waals surface area contributed by atoms with E-state index in [1.54, 1.807) is 6.07 Å². The van der Waals surface area contributed by atoms with Gasteiger partial charge in [0.1, 0.15) is 5.82 Å². The van der Waals surface area contributed by atoms with E-state index in [1.165, 1.54) is 17.2 Å². The van der Waals surface area contributed by atoms with E-state index in [1.807, 2.05) is 12.1 Å². The topological polar surface area (TPSA) is 15.3 Å². The minimum Gasteiger partial charge on any atom is -0.368 e. The van der Waals surface area contributed by atoms with Gasteiger partial charge in [-0.05, 0) is 43.1 Å². The predicted octanol–water partition coefficient (Wildman–Crippen LogP) is 3.54. The molecule has 1 heterocycles. The second-order valence-electron chi connectivity index (χ2n) is 5.45. The predicted molar refractivity (Wildman–Crippen MR) is 85.2 cm³/mol. The van der Waals surface area contributed by atoms with Gasteiger partial charge in [0.2, 0.25) is 0 Å². The molecule has 0 aliphatic carbocycles. The molecule has 0 fully saturated rings. The Bertz CT molecular complexity index is 612. The molecular weight excluding hydrogens is 263 g/mol. The molecule has 3 heteroatoms. The molecule has 3 rings (SSSR count). The summed E-state index contributed by atoms with van der Waals surface area (Å²) in [6.45, 7) is 4.63. The van der Waals surface area contributed by atoms with Crippen LogP contribution in [-0.2, 0) is 6.42 Å². The number of fused-ring (bicyclic) bond motifs is 1. The maximum atomic E-state index is 14.0. The molecule has 1 atom stereocenters. The average Bonchev–Trinajstić information content (AvgIpc) is 2.53. The van der Waals surface area contributed by atoms with Crippen molar-refractivity contribution in [3.63, 3.8) is 0 Å². The molecule has 0 spiro atoms. The van der Waals surface area contributed by atoms with Gasteiger partial charge in [0.15, 0.2) is 0 Å². The number of nitrogens with zero attached hydrogens (tertiary/aromatic N) is 1. The van der Waals surface area contributed by atoms with Crippen LogP contribution in [-0.4, -0.2) is 19.6 Å². The van der Waals surface area contributed by atoms with E-state index in [9.17, 15) is 4.39 Å². The van der Waals surface area contributed by atoms with Gasteiger partial charge in [-0.2, -0.15) is 0 Å². The Morgan fingerprint density at radius 1 is 1.14 bits per heavy atom. The maximum absolute atomic E-state index is 14.0. The minimum atomic E-state index is -0.150. The summed E-state index contributed by atoms with van der Waals surface area (Å²) in [6.07, 6.45) is 1.07. The smallest absolute Gasteiger partial charge is 0.146 e. The van der Waals surface area contributed by atoms with Gasteiger partial charge < -0.3 is 10.2 Å². The van der Waals surface area contributed by atoms with Crippen molar-refractivity contribution in [2.75, 3.05) is 24.5 Å². The molecule has 1 aliphatic heterocycles. The fourth-order valence-corrected chi connectivity index (χ4v) is 3.08. The summed E-state index contributed by atoms with van der Waals surface area (Å²) in [5.41, 5.74) is 3.44. The summed E-state index contributed by atoms with van der Waals surface area (Å²) < 4.78 is 14.0. The molecule has 1 unspecified atom stereocenters. The minimum absolute atomic E-state index is 0.150. The van der Waals surface area contributed by atoms with E-state index >= 15 is 0 Å². The lowest BCUT2D eigenvalue weighted by molar-refractivity contribution is 0.494. The molecule has 2 aromatic rings. The quantitative estimate of drug-likeness (QED) is 0.924. The van der Waals surface area contributed by atoms with Crippen molar-refractivity contribution in [1.29, 1.82) is 0 Å². The number of halogens is 1. The standard InChI is InChI=1S/C18H21FN2/c1-2-21(18-10-6-5-9-16(18)19)13-17-15-8-4-3-7-14(15)11-12-20-17/h3-10,17,20H,2,11-13H2,1H3. The Balaban J connectivity index is 1.84. The van der Waals surface area contributed by atoms with Crippen LogP contribution in [0, 0.1) is 5.82 Å². The lowest BCUT2D eigenvalue weighted by Gasteiger charge is -2.33. The molecule has 0 radical (unpaired) electrons. The van der Waals surface area contributed by atoms with Crippen LogP contribution >= 0.6 is 0 Å². The highest BCUT2D eigenvalue weighted by Gasteiger charge is 2.22. The van der Waals surface area contributed by atoms with Crippen molar-refractivity contribution in [3.8, 4) is 0 Å². The van der Waals surface area contributed by atoms with E-state index in [-0.39, 0.29) is 11.9 Å². The van der Waals surface area contributed by atoms with Crippen molar-refractivity contribution in [2.45, 2.75) is 19.4 Å². The van der Waals surface area contributed by atoms with Crippen LogP contribution in [0.1, 0.15) is 24.1 Å². The van der Waals surface area contributed by atoms with Gasteiger partial charge in [-0.15, -0.1) is 0 Å². The lowest BCUT2D eigenvalue weighted by atomic mass is 9.94. The SMILES string of the molecule is CCN(CC1NCCc2ccccc21)c1ccccc1F. The van der Waals surface area contributed by atoms with Crippen LogP contribution in [0.5, 0.6) is 0 Å². The number of hydrogen-bond donors (Lipinski definition) is 1. The Morgan fingerprint density at radius 2 is 1.90 bits per heavy atom. The van der Waals surface area contributed by atoms with E-state index in [0.717, 1.165) is 26.1 Å². The number of para-hydroxylation sites is 1. The molecule has 1 aliphatic rings. The second kappa shape index (κ2) is 6.27. The molecule has 1 N–H and O–H groups in total. The number of benzene rings is 2. The van der Waals surface area contributed by atoms with E-state index in [2.05, 4.69) is 41.4 Å². The highest BCUT2D eigenvalue weighted by atomic mass is 19.1. The van der Waals surface area contributed by atoms with Gasteiger partial charge >= 0.3 is 0 Å². The zero-order chi connectivity index (χ0) is 14.7. The first-order valence-electron chi connectivity index (χ1n) is 7.60. The Labute approximate surface area is 125 Å². The Kier molecular flexibility index (Phi) is 4.20. The van der Waals surface area contributed by atoms with Gasteiger partial charge in [-0.3, -0.25) is 0 Å². The molecule has 0 amide bonds. The number of hydrogen-bond acceptors (Lipinski definition) is 2. The third-order valence-electron chi connectivity index (χ3n) is 4.19. The average molecular weight is 284 g/mol. The highest BCUT2D eigenvalue weighted by Crippen LogP contribution is 2.26. The van der Waals surface area contributed by atoms with E-state index < -0.39 is 0 Å². The normalized spacial score (nSPS) is 17.3. The number of anilines is 1. The van der Waals surface area contributed by atoms with Gasteiger partial charge in [0.25, 0.3) is 0 Å². The third-order valence-corrected chi connectivity index (χ3v) is 4.19. The maximum Gasteiger partial charge on any atom is 0.146 e. The summed E-state index contributed by atoms with van der Waals surface area (Å²) in [5, 5.41) is 3.57. The molecule has 2 nitrogen and oxygen atoms in total. The summed E-state index contributed by atoms with van der Waals surface area (Å²) in [6, 6.07) is 15.8. The van der Waals surface area contributed by atoms with Gasteiger partial charge in [-0.25, -0.2) is 4.39 Å². The lowest BCUT2D eigenvalue weighted by Crippen LogP contribution is -2.39. The van der Waals surface area contributed by atoms with Crippen molar-refractivity contribution in [2.24, 2.45) is 0 Å². The largest absolute Gasteiger partial charge is 0.368 e. The Hall–Kier alpha value is -1.87. The van der Waals surface area contributed by atoms with Gasteiger partial charge in [-0.1, -0.05) is 36.4 Å². The Morgan fingerprint density at radius 3 is 2.71 bits per heavy atom. The zero-order valence-electron chi connectivity index (χ0n) is 12.3. The molecule has 2 aromatic carbocycles. The monoisotopic (exact) mass is 284 g/mol. The van der Waals surface area contributed by atoms with Crippen LogP contribution in [0.2, 0.25) is 0 Å². The highest BCUT2D eigenvalue weighted by molar-refractivity contribution is 5.48. The van der Waals surface area contributed by atoms with Gasteiger partial charge in [0, 0.05) is 13.1 Å². The van der Waals surface area contributed by atoms with Gasteiger partial charge in [0.05, 0.1) is 11.7 Å². The first-order chi connectivity index (χ1) is 10.3. The van der Waals surface area contributed by atoms with E-state index in [0.29, 0.717) is 5.69 Å². The molecule has 21 heavy (non-hydrogen) atoms. The van der Waals surface area contributed by atoms with Crippen molar-refractivity contribution >= 4 is 5.69 Å².